The van der Waals surface area contributed by atoms with E-state index >= 15 is 0 Å². The summed E-state index contributed by atoms with van der Waals surface area (Å²) in [5.41, 5.74) is 0.0324. The molecular weight excluding hydrogens is 429 g/mol. The summed E-state index contributed by atoms with van der Waals surface area (Å²) in [6, 6.07) is 8.35. The van der Waals surface area contributed by atoms with Crippen molar-refractivity contribution in [2.24, 2.45) is 0 Å². The molecular formula is C21H21F3N4O2S. The lowest BCUT2D eigenvalue weighted by atomic mass is 10.2. The number of aromatic nitrogens is 4. The highest BCUT2D eigenvalue weighted by Gasteiger charge is 2.31. The molecule has 0 bridgehead atoms. The Morgan fingerprint density at radius 3 is 2.65 bits per heavy atom. The molecule has 0 radical (unpaired) electrons. The summed E-state index contributed by atoms with van der Waals surface area (Å²) in [7, 11) is 0. The highest BCUT2D eigenvalue weighted by atomic mass is 32.2. The molecule has 3 rings (SSSR count). The van der Waals surface area contributed by atoms with Crippen LogP contribution in [0, 0.1) is 0 Å². The molecule has 1 aromatic carbocycles. The van der Waals surface area contributed by atoms with Gasteiger partial charge in [-0.2, -0.15) is 13.2 Å². The third-order valence-corrected chi connectivity index (χ3v) is 5.52. The molecule has 10 heteroatoms. The molecule has 0 aliphatic heterocycles. The van der Waals surface area contributed by atoms with E-state index in [0.29, 0.717) is 23.0 Å². The predicted octanol–water partition coefficient (Wildman–Crippen LogP) is 5.17. The first-order valence-electron chi connectivity index (χ1n) is 9.71. The second-order valence-electron chi connectivity index (χ2n) is 6.58. The zero-order valence-electron chi connectivity index (χ0n) is 17.0. The van der Waals surface area contributed by atoms with E-state index in [1.807, 2.05) is 6.92 Å². The lowest BCUT2D eigenvalue weighted by Crippen LogP contribution is -2.21. The molecule has 0 saturated heterocycles. The molecule has 0 N–H and O–H groups in total. The summed E-state index contributed by atoms with van der Waals surface area (Å²) in [4.78, 5) is 16.5. The minimum atomic E-state index is -4.50. The van der Waals surface area contributed by atoms with E-state index in [4.69, 9.17) is 4.74 Å². The number of nitrogens with zero attached hydrogens (tertiary/aromatic N) is 4. The van der Waals surface area contributed by atoms with E-state index in [-0.39, 0.29) is 12.3 Å². The number of hydrogen-bond acceptors (Lipinski definition) is 6. The molecule has 0 spiro atoms. The maximum Gasteiger partial charge on any atom is 0.416 e. The van der Waals surface area contributed by atoms with Crippen LogP contribution in [0.4, 0.5) is 13.2 Å². The minimum Gasteiger partial charge on any atom is -0.465 e. The van der Waals surface area contributed by atoms with E-state index < -0.39 is 23.0 Å². The van der Waals surface area contributed by atoms with E-state index in [1.54, 1.807) is 37.5 Å². The van der Waals surface area contributed by atoms with Crippen LogP contribution in [0.15, 0.2) is 53.9 Å². The normalized spacial score (nSPS) is 12.5. The van der Waals surface area contributed by atoms with Crippen LogP contribution in [0.5, 0.6) is 0 Å². The van der Waals surface area contributed by atoms with Crippen molar-refractivity contribution < 1.29 is 22.7 Å². The van der Waals surface area contributed by atoms with Gasteiger partial charge in [-0.25, -0.2) is 0 Å². The highest BCUT2D eigenvalue weighted by molar-refractivity contribution is 8.00. The second-order valence-corrected chi connectivity index (χ2v) is 7.75. The highest BCUT2D eigenvalue weighted by Crippen LogP contribution is 2.35. The summed E-state index contributed by atoms with van der Waals surface area (Å²) in [6.07, 6.45) is -0.105. The van der Waals surface area contributed by atoms with Gasteiger partial charge >= 0.3 is 12.1 Å². The van der Waals surface area contributed by atoms with Gasteiger partial charge in [-0.05, 0) is 43.7 Å². The van der Waals surface area contributed by atoms with Crippen molar-refractivity contribution in [3.05, 3.63) is 54.4 Å². The van der Waals surface area contributed by atoms with E-state index in [2.05, 4.69) is 15.2 Å². The van der Waals surface area contributed by atoms with Gasteiger partial charge in [0.05, 0.1) is 17.9 Å². The van der Waals surface area contributed by atoms with Crippen LogP contribution in [0.2, 0.25) is 0 Å². The zero-order valence-corrected chi connectivity index (χ0v) is 17.8. The number of halogens is 3. The fraction of sp³-hybridized carbons (Fsp3) is 0.333. The van der Waals surface area contributed by atoms with Crippen LogP contribution in [-0.4, -0.2) is 37.6 Å². The van der Waals surface area contributed by atoms with Gasteiger partial charge in [0.25, 0.3) is 0 Å². The molecule has 0 amide bonds. The Labute approximate surface area is 181 Å². The molecule has 2 aromatic heterocycles. The van der Waals surface area contributed by atoms with Crippen LogP contribution in [0.3, 0.4) is 0 Å². The van der Waals surface area contributed by atoms with Crippen LogP contribution in [0.25, 0.3) is 17.1 Å². The topological polar surface area (TPSA) is 69.9 Å². The van der Waals surface area contributed by atoms with Crippen LogP contribution < -0.4 is 0 Å². The average Bonchev–Trinajstić information content (AvgIpc) is 3.17. The van der Waals surface area contributed by atoms with E-state index in [9.17, 15) is 18.0 Å². The Balaban J connectivity index is 2.11. The summed E-state index contributed by atoms with van der Waals surface area (Å²) in [5, 5.41) is 8.12. The Morgan fingerprint density at radius 2 is 2.00 bits per heavy atom. The molecule has 0 saturated carbocycles. The van der Waals surface area contributed by atoms with Gasteiger partial charge in [-0.1, -0.05) is 31.2 Å². The van der Waals surface area contributed by atoms with Crippen molar-refractivity contribution in [1.29, 1.82) is 0 Å². The van der Waals surface area contributed by atoms with Crippen molar-refractivity contribution >= 4 is 17.7 Å². The van der Waals surface area contributed by atoms with Gasteiger partial charge in [0.15, 0.2) is 11.0 Å². The van der Waals surface area contributed by atoms with Crippen molar-refractivity contribution in [2.45, 2.75) is 43.3 Å². The smallest absolute Gasteiger partial charge is 0.416 e. The van der Waals surface area contributed by atoms with Crippen molar-refractivity contribution in [1.82, 2.24) is 19.7 Å². The zero-order chi connectivity index (χ0) is 22.4. The van der Waals surface area contributed by atoms with Crippen molar-refractivity contribution in [3.8, 4) is 17.1 Å². The lowest BCUT2D eigenvalue weighted by molar-refractivity contribution is -0.142. The number of carbonyl (C=O) groups is 1. The van der Waals surface area contributed by atoms with Gasteiger partial charge in [0, 0.05) is 18.0 Å². The first-order valence-corrected chi connectivity index (χ1v) is 10.6. The predicted molar refractivity (Wildman–Crippen MR) is 111 cm³/mol. The summed E-state index contributed by atoms with van der Waals surface area (Å²) in [5.74, 6) is -0.0649. The first kappa shape index (κ1) is 22.8. The Bertz CT molecular complexity index is 1020. The first-order chi connectivity index (χ1) is 14.8. The number of ether oxygens (including phenoxy) is 1. The summed E-state index contributed by atoms with van der Waals surface area (Å²) < 4.78 is 46.6. The van der Waals surface area contributed by atoms with E-state index in [1.165, 1.54) is 10.6 Å². The summed E-state index contributed by atoms with van der Waals surface area (Å²) in [6.45, 7) is 3.89. The van der Waals surface area contributed by atoms with Gasteiger partial charge in [-0.3, -0.25) is 14.3 Å². The molecule has 0 fully saturated rings. The van der Waals surface area contributed by atoms with Crippen LogP contribution >= 0.6 is 11.8 Å². The lowest BCUT2D eigenvalue weighted by Gasteiger charge is -2.16. The Morgan fingerprint density at radius 1 is 1.19 bits per heavy atom. The van der Waals surface area contributed by atoms with Crippen molar-refractivity contribution in [3.63, 3.8) is 0 Å². The van der Waals surface area contributed by atoms with Crippen molar-refractivity contribution in [2.75, 3.05) is 6.61 Å². The number of alkyl halides is 3. The van der Waals surface area contributed by atoms with Gasteiger partial charge in [0.1, 0.15) is 5.25 Å². The number of pyridine rings is 1. The van der Waals surface area contributed by atoms with E-state index in [0.717, 1.165) is 30.3 Å². The maximum atomic E-state index is 13.3. The Kier molecular flexibility index (Phi) is 7.32. The molecule has 1 unspecified atom stereocenters. The van der Waals surface area contributed by atoms with Gasteiger partial charge in [0.2, 0.25) is 0 Å². The molecule has 164 valence electrons. The standard InChI is InChI=1S/C21H21F3N4O2S/c1-3-7-17(19(29)30-4-2)31-20-27-26-18(14-8-6-11-25-13-14)28(20)16-10-5-9-15(12-16)21(22,23)24/h5-6,8-13,17H,3-4,7H2,1-2H3. The number of rotatable bonds is 8. The third kappa shape index (κ3) is 5.43. The van der Waals surface area contributed by atoms with Crippen LogP contribution in [-0.2, 0) is 15.7 Å². The SMILES string of the molecule is CCCC(Sc1nnc(-c2cccnc2)n1-c1cccc(C(F)(F)F)c1)C(=O)OCC. The number of esters is 1. The van der Waals surface area contributed by atoms with Gasteiger partial charge in [-0.15, -0.1) is 10.2 Å². The van der Waals surface area contributed by atoms with Crippen LogP contribution in [0.1, 0.15) is 32.3 Å². The second kappa shape index (κ2) is 9.95. The number of hydrogen-bond donors (Lipinski definition) is 0. The Hall–Kier alpha value is -2.88. The summed E-state index contributed by atoms with van der Waals surface area (Å²) >= 11 is 1.12. The number of thioether (sulfide) groups is 1. The fourth-order valence-electron chi connectivity index (χ4n) is 2.93. The third-order valence-electron chi connectivity index (χ3n) is 4.33. The largest absolute Gasteiger partial charge is 0.465 e. The van der Waals surface area contributed by atoms with Gasteiger partial charge < -0.3 is 4.74 Å². The molecule has 31 heavy (non-hydrogen) atoms. The number of benzene rings is 1. The monoisotopic (exact) mass is 450 g/mol. The number of carbonyl (C=O) groups excluding carboxylic acids is 1. The molecule has 1 atom stereocenters. The minimum absolute atomic E-state index is 0.236. The molecule has 3 aromatic rings. The molecule has 0 aliphatic carbocycles. The molecule has 6 nitrogen and oxygen atoms in total. The molecule has 2 heterocycles. The average molecular weight is 450 g/mol. The molecule has 0 aliphatic rings. The fourth-order valence-corrected chi connectivity index (χ4v) is 4.09. The maximum absolute atomic E-state index is 13.3. The quantitative estimate of drug-likeness (QED) is 0.348.